The molecule has 0 fully saturated rings. The minimum Gasteiger partial charge on any atom is -0.302 e. The van der Waals surface area contributed by atoms with Crippen LogP contribution in [0.1, 0.15) is 23.1 Å². The summed E-state index contributed by atoms with van der Waals surface area (Å²) in [5.74, 6) is 1.44. The Morgan fingerprint density at radius 2 is 1.91 bits per heavy atom. The summed E-state index contributed by atoms with van der Waals surface area (Å²) in [4.78, 5) is 18.8. The third-order valence-electron chi connectivity index (χ3n) is 5.29. The van der Waals surface area contributed by atoms with Gasteiger partial charge < -0.3 is 4.57 Å². The fourth-order valence-corrected chi connectivity index (χ4v) is 6.18. The molecule has 4 heterocycles. The van der Waals surface area contributed by atoms with Gasteiger partial charge in [-0.2, -0.15) is 0 Å². The molecule has 0 atom stereocenters. The molecule has 1 aromatic carbocycles. The van der Waals surface area contributed by atoms with E-state index in [1.54, 1.807) is 39.8 Å². The van der Waals surface area contributed by atoms with E-state index in [0.29, 0.717) is 10.7 Å². The highest BCUT2D eigenvalue weighted by Gasteiger charge is 2.20. The summed E-state index contributed by atoms with van der Waals surface area (Å²) in [5.41, 5.74) is 5.45. The first-order valence-corrected chi connectivity index (χ1v) is 13.0. The second kappa shape index (κ2) is 8.65. The molecule has 5 aromatic rings. The van der Waals surface area contributed by atoms with Crippen molar-refractivity contribution in [2.45, 2.75) is 38.2 Å². The average molecular weight is 480 g/mol. The lowest BCUT2D eigenvalue weighted by Gasteiger charge is -2.09. The van der Waals surface area contributed by atoms with Crippen LogP contribution in [0.4, 0.5) is 0 Å². The van der Waals surface area contributed by atoms with Gasteiger partial charge in [-0.1, -0.05) is 41.6 Å². The van der Waals surface area contributed by atoms with Crippen molar-refractivity contribution < 1.29 is 0 Å². The quantitative estimate of drug-likeness (QED) is 0.294. The van der Waals surface area contributed by atoms with Crippen molar-refractivity contribution in [3.63, 3.8) is 0 Å². The number of benzene rings is 1. The van der Waals surface area contributed by atoms with Crippen LogP contribution in [0.2, 0.25) is 0 Å². The topological polar surface area (TPSA) is 65.1 Å². The highest BCUT2D eigenvalue weighted by Crippen LogP contribution is 2.39. The number of thiazole rings is 1. The van der Waals surface area contributed by atoms with Crippen LogP contribution in [0.5, 0.6) is 0 Å². The van der Waals surface area contributed by atoms with E-state index in [9.17, 15) is 4.79 Å². The van der Waals surface area contributed by atoms with Crippen LogP contribution in [-0.2, 0) is 12.3 Å². The van der Waals surface area contributed by atoms with Gasteiger partial charge in [0.15, 0.2) is 15.9 Å². The fourth-order valence-electron chi connectivity index (χ4n) is 3.68. The molecule has 0 saturated heterocycles. The maximum atomic E-state index is 12.3. The van der Waals surface area contributed by atoms with Crippen LogP contribution < -0.4 is 5.56 Å². The highest BCUT2D eigenvalue weighted by atomic mass is 32.2. The van der Waals surface area contributed by atoms with Crippen molar-refractivity contribution in [1.29, 1.82) is 0 Å². The number of hydrogen-bond donors (Lipinski definition) is 0. The van der Waals surface area contributed by atoms with E-state index >= 15 is 0 Å². The number of thiophene rings is 1. The molecule has 32 heavy (non-hydrogen) atoms. The summed E-state index contributed by atoms with van der Waals surface area (Å²) in [6, 6.07) is 10.2. The van der Waals surface area contributed by atoms with Crippen LogP contribution in [0.25, 0.3) is 27.5 Å². The zero-order chi connectivity index (χ0) is 22.2. The molecule has 0 spiro atoms. The number of fused-ring (bicyclic) bond motifs is 1. The fraction of sp³-hybridized carbons (Fsp3) is 0.217. The average Bonchev–Trinajstić information content (AvgIpc) is 3.51. The van der Waals surface area contributed by atoms with Crippen LogP contribution >= 0.6 is 34.4 Å². The van der Waals surface area contributed by atoms with E-state index in [2.05, 4.69) is 70.2 Å². The summed E-state index contributed by atoms with van der Waals surface area (Å²) in [6.45, 7) is 7.11. The zero-order valence-corrected chi connectivity index (χ0v) is 20.4. The summed E-state index contributed by atoms with van der Waals surface area (Å²) >= 11 is 4.75. The summed E-state index contributed by atoms with van der Waals surface area (Å²) in [6.07, 6.45) is 1.75. The Hall–Kier alpha value is -2.75. The first-order valence-electron chi connectivity index (χ1n) is 10.2. The SMILES string of the molecule is CCn1c(SCc2cc(=O)n3ccsc3n2)nnc1-c1csc(C)c1-c1ccc(C)cc1. The Morgan fingerprint density at radius 3 is 2.69 bits per heavy atom. The van der Waals surface area contributed by atoms with E-state index in [1.807, 2.05) is 5.38 Å². The van der Waals surface area contributed by atoms with Crippen molar-refractivity contribution in [3.05, 3.63) is 73.8 Å². The van der Waals surface area contributed by atoms with Crippen molar-refractivity contribution in [2.75, 3.05) is 0 Å². The van der Waals surface area contributed by atoms with E-state index < -0.39 is 0 Å². The molecular formula is C23H21N5OS3. The summed E-state index contributed by atoms with van der Waals surface area (Å²) < 4.78 is 3.71. The predicted molar refractivity (Wildman–Crippen MR) is 133 cm³/mol. The van der Waals surface area contributed by atoms with Gasteiger partial charge in [-0.05, 0) is 26.3 Å². The monoisotopic (exact) mass is 479 g/mol. The molecule has 0 amide bonds. The molecule has 5 rings (SSSR count). The minimum absolute atomic E-state index is 0.0546. The molecule has 0 aliphatic rings. The number of aryl methyl sites for hydroxylation is 2. The molecule has 0 bridgehead atoms. The lowest BCUT2D eigenvalue weighted by atomic mass is 10.0. The molecule has 6 nitrogen and oxygen atoms in total. The van der Waals surface area contributed by atoms with Gasteiger partial charge in [0, 0.05) is 51.3 Å². The van der Waals surface area contributed by atoms with Crippen molar-refractivity contribution >= 4 is 39.4 Å². The van der Waals surface area contributed by atoms with E-state index in [-0.39, 0.29) is 5.56 Å². The third kappa shape index (κ3) is 3.80. The van der Waals surface area contributed by atoms with Gasteiger partial charge in [0.05, 0.1) is 5.69 Å². The smallest absolute Gasteiger partial charge is 0.258 e. The molecule has 0 radical (unpaired) electrons. The van der Waals surface area contributed by atoms with Gasteiger partial charge in [0.25, 0.3) is 5.56 Å². The molecule has 0 unspecified atom stereocenters. The van der Waals surface area contributed by atoms with Gasteiger partial charge >= 0.3 is 0 Å². The van der Waals surface area contributed by atoms with Gasteiger partial charge in [-0.25, -0.2) is 4.98 Å². The maximum Gasteiger partial charge on any atom is 0.258 e. The second-order valence-corrected chi connectivity index (χ2v) is 10.3. The highest BCUT2D eigenvalue weighted by molar-refractivity contribution is 7.98. The van der Waals surface area contributed by atoms with Gasteiger partial charge in [-0.15, -0.1) is 32.9 Å². The lowest BCUT2D eigenvalue weighted by Crippen LogP contribution is -2.12. The van der Waals surface area contributed by atoms with E-state index in [1.165, 1.54) is 32.9 Å². The molecule has 162 valence electrons. The molecule has 0 saturated carbocycles. The Morgan fingerprint density at radius 1 is 1.09 bits per heavy atom. The minimum atomic E-state index is -0.0546. The Bertz CT molecular complexity index is 1460. The number of nitrogens with zero attached hydrogens (tertiary/aromatic N) is 5. The van der Waals surface area contributed by atoms with E-state index in [4.69, 9.17) is 0 Å². The van der Waals surface area contributed by atoms with Crippen molar-refractivity contribution in [2.24, 2.45) is 0 Å². The molecule has 0 aliphatic carbocycles. The number of hydrogen-bond acceptors (Lipinski definition) is 7. The summed E-state index contributed by atoms with van der Waals surface area (Å²) in [5, 5.41) is 13.9. The lowest BCUT2D eigenvalue weighted by molar-refractivity contribution is 0.687. The third-order valence-corrected chi connectivity index (χ3v) is 7.96. The maximum absolute atomic E-state index is 12.3. The first kappa shape index (κ1) is 21.1. The Balaban J connectivity index is 1.47. The zero-order valence-electron chi connectivity index (χ0n) is 17.9. The van der Waals surface area contributed by atoms with Crippen molar-refractivity contribution in [1.82, 2.24) is 24.1 Å². The molecule has 0 aliphatic heterocycles. The normalized spacial score (nSPS) is 11.5. The van der Waals surface area contributed by atoms with Crippen molar-refractivity contribution in [3.8, 4) is 22.5 Å². The van der Waals surface area contributed by atoms with Gasteiger partial charge in [0.2, 0.25) is 0 Å². The number of rotatable bonds is 6. The molecule has 9 heteroatoms. The van der Waals surface area contributed by atoms with Gasteiger partial charge in [0.1, 0.15) is 0 Å². The number of thioether (sulfide) groups is 1. The van der Waals surface area contributed by atoms with Gasteiger partial charge in [-0.3, -0.25) is 9.20 Å². The molecular weight excluding hydrogens is 458 g/mol. The Kier molecular flexibility index (Phi) is 5.71. The summed E-state index contributed by atoms with van der Waals surface area (Å²) in [7, 11) is 0. The molecule has 0 N–H and O–H groups in total. The van der Waals surface area contributed by atoms with Crippen LogP contribution in [-0.4, -0.2) is 24.1 Å². The first-order chi connectivity index (χ1) is 15.5. The predicted octanol–water partition coefficient (Wildman–Crippen LogP) is 5.67. The second-order valence-electron chi connectivity index (χ2n) is 7.43. The van der Waals surface area contributed by atoms with Crippen LogP contribution in [0.3, 0.4) is 0 Å². The molecule has 4 aromatic heterocycles. The standard InChI is InChI=1S/C23H21N5OS3/c1-4-27-21(18-13-31-15(3)20(18)16-7-5-14(2)6-8-16)25-26-23(27)32-12-17-11-19(29)28-9-10-30-22(28)24-17/h5-11,13H,4,12H2,1-3H3. The largest absolute Gasteiger partial charge is 0.302 e. The Labute approximate surface area is 197 Å². The number of aromatic nitrogens is 5. The van der Waals surface area contributed by atoms with Crippen LogP contribution in [0.15, 0.2) is 57.2 Å². The van der Waals surface area contributed by atoms with Crippen LogP contribution in [0, 0.1) is 13.8 Å². The van der Waals surface area contributed by atoms with E-state index in [0.717, 1.165) is 28.8 Å².